The van der Waals surface area contributed by atoms with Gasteiger partial charge in [0, 0.05) is 5.56 Å². The maximum atomic E-state index is 12.8. The van der Waals surface area contributed by atoms with Gasteiger partial charge < -0.3 is 19.5 Å². The molecule has 6 heteroatoms. The van der Waals surface area contributed by atoms with Crippen LogP contribution in [-0.2, 0) is 4.74 Å². The summed E-state index contributed by atoms with van der Waals surface area (Å²) in [6.07, 6.45) is 0.783. The molecule has 0 saturated carbocycles. The molecule has 1 aliphatic heterocycles. The van der Waals surface area contributed by atoms with Gasteiger partial charge in [-0.1, -0.05) is 12.1 Å². The molecule has 0 radical (unpaired) electrons. The van der Waals surface area contributed by atoms with E-state index in [-0.39, 0.29) is 23.3 Å². The van der Waals surface area contributed by atoms with E-state index in [4.69, 9.17) is 9.26 Å². The second-order valence-corrected chi connectivity index (χ2v) is 7.63. The number of nitrogens with one attached hydrogen (secondary N) is 1. The Morgan fingerprint density at radius 2 is 1.83 bits per heavy atom. The lowest BCUT2D eigenvalue weighted by Gasteiger charge is -2.47. The Morgan fingerprint density at radius 1 is 1.26 bits per heavy atom. The minimum atomic E-state index is -0.357. The highest BCUT2D eigenvalue weighted by atomic mass is 16.5. The Balaban J connectivity index is 2.14. The molecule has 1 atom stereocenters. The number of rotatable bonds is 3. The number of hydrogen-bond acceptors (Lipinski definition) is 4. The molecule has 130 valence electrons. The van der Waals surface area contributed by atoms with Crippen LogP contribution in [0.5, 0.6) is 0 Å². The third-order valence-corrected chi connectivity index (χ3v) is 4.13. The maximum absolute atomic E-state index is 12.8. The second kappa shape index (κ2) is 6.15. The number of ether oxygens (including phenoxy) is 1. The fourth-order valence-corrected chi connectivity index (χ4v) is 3.54. The van der Waals surface area contributed by atoms with Crippen LogP contribution in [0.25, 0.3) is 0 Å². The van der Waals surface area contributed by atoms with Gasteiger partial charge in [0.15, 0.2) is 0 Å². The molecule has 1 N–H and O–H groups in total. The number of urea groups is 1. The zero-order chi connectivity index (χ0) is 17.4. The fraction of sp³-hybridized carbons (Fsp3) is 0.765. The second-order valence-electron chi connectivity index (χ2n) is 7.63. The number of amides is 2. The van der Waals surface area contributed by atoms with E-state index in [2.05, 4.69) is 10.5 Å². The molecule has 1 aromatic heterocycles. The number of carbonyl (C=O) groups excluding carboxylic acids is 1. The largest absolute Gasteiger partial charge is 0.366 e. The molecule has 1 aliphatic rings. The lowest BCUT2D eigenvalue weighted by molar-refractivity contribution is -0.170. The number of morpholine rings is 1. The Hall–Kier alpha value is -1.56. The van der Waals surface area contributed by atoms with E-state index in [0.29, 0.717) is 13.1 Å². The number of aromatic nitrogens is 1. The van der Waals surface area contributed by atoms with Gasteiger partial charge in [-0.25, -0.2) is 4.79 Å². The topological polar surface area (TPSA) is 67.6 Å². The smallest absolute Gasteiger partial charge is 0.318 e. The zero-order valence-corrected chi connectivity index (χ0v) is 15.3. The molecule has 1 aromatic rings. The molecule has 0 unspecified atom stereocenters. The highest BCUT2D eigenvalue weighted by Crippen LogP contribution is 2.29. The molecule has 0 bridgehead atoms. The van der Waals surface area contributed by atoms with Gasteiger partial charge in [-0.3, -0.25) is 0 Å². The van der Waals surface area contributed by atoms with E-state index < -0.39 is 0 Å². The van der Waals surface area contributed by atoms with Crippen molar-refractivity contribution in [2.24, 2.45) is 0 Å². The van der Waals surface area contributed by atoms with Crippen LogP contribution in [0.2, 0.25) is 0 Å². The molecule has 1 saturated heterocycles. The van der Waals surface area contributed by atoms with E-state index in [1.165, 1.54) is 0 Å². The average Bonchev–Trinajstić information content (AvgIpc) is 2.72. The molecule has 1 fully saturated rings. The summed E-state index contributed by atoms with van der Waals surface area (Å²) in [7, 11) is 0. The van der Waals surface area contributed by atoms with Gasteiger partial charge in [0.05, 0.1) is 36.0 Å². The predicted octanol–water partition coefficient (Wildman–Crippen LogP) is 3.34. The molecule has 6 nitrogen and oxygen atoms in total. The van der Waals surface area contributed by atoms with Crippen LogP contribution in [0.3, 0.4) is 0 Å². The van der Waals surface area contributed by atoms with E-state index in [0.717, 1.165) is 23.4 Å². The van der Waals surface area contributed by atoms with Gasteiger partial charge in [-0.05, 0) is 48.0 Å². The highest BCUT2D eigenvalue weighted by Gasteiger charge is 2.40. The summed E-state index contributed by atoms with van der Waals surface area (Å²) in [5, 5.41) is 7.12. The predicted molar refractivity (Wildman–Crippen MR) is 88.4 cm³/mol. The molecule has 0 aliphatic carbocycles. The molecule has 2 amide bonds. The van der Waals surface area contributed by atoms with Crippen molar-refractivity contribution in [3.63, 3.8) is 0 Å². The van der Waals surface area contributed by atoms with Gasteiger partial charge in [-0.2, -0.15) is 0 Å². The average molecular weight is 323 g/mol. The SMILES string of the molecule is CC[C@H](NC(=O)N1CC(C)(C)OC(C)(C)C1)c1c(C)noc1C. The van der Waals surface area contributed by atoms with Gasteiger partial charge in [-0.15, -0.1) is 0 Å². The van der Waals surface area contributed by atoms with E-state index in [1.807, 2.05) is 53.4 Å². The van der Waals surface area contributed by atoms with Crippen molar-refractivity contribution < 1.29 is 14.1 Å². The first-order chi connectivity index (χ1) is 10.5. The summed E-state index contributed by atoms with van der Waals surface area (Å²) in [5.41, 5.74) is 1.10. The van der Waals surface area contributed by atoms with Gasteiger partial charge in [0.1, 0.15) is 5.76 Å². The van der Waals surface area contributed by atoms with Crippen molar-refractivity contribution >= 4 is 6.03 Å². The van der Waals surface area contributed by atoms with Crippen molar-refractivity contribution in [2.75, 3.05) is 13.1 Å². The molecule has 23 heavy (non-hydrogen) atoms. The number of aryl methyl sites for hydroxylation is 2. The van der Waals surface area contributed by atoms with E-state index >= 15 is 0 Å². The van der Waals surface area contributed by atoms with Crippen LogP contribution in [0.4, 0.5) is 4.79 Å². The van der Waals surface area contributed by atoms with Crippen LogP contribution < -0.4 is 5.32 Å². The quantitative estimate of drug-likeness (QED) is 0.926. The standard InChI is InChI=1S/C17H29N3O3/c1-8-13(14-11(2)19-22-12(14)3)18-15(21)20-9-16(4,5)23-17(6,7)10-20/h13H,8-10H2,1-7H3,(H,18,21)/t13-/m0/s1. The van der Waals surface area contributed by atoms with Crippen LogP contribution in [-0.4, -0.2) is 40.4 Å². The monoisotopic (exact) mass is 323 g/mol. The normalized spacial score (nSPS) is 21.1. The maximum Gasteiger partial charge on any atom is 0.318 e. The summed E-state index contributed by atoms with van der Waals surface area (Å²) in [5.74, 6) is 0.761. The first-order valence-electron chi connectivity index (χ1n) is 8.23. The molecule has 0 aromatic carbocycles. The summed E-state index contributed by atoms with van der Waals surface area (Å²) in [4.78, 5) is 14.6. The molecule has 2 heterocycles. The van der Waals surface area contributed by atoms with Crippen LogP contribution >= 0.6 is 0 Å². The number of carbonyl (C=O) groups is 1. The number of nitrogens with zero attached hydrogens (tertiary/aromatic N) is 2. The Bertz CT molecular complexity index is 542. The van der Waals surface area contributed by atoms with Gasteiger partial charge in [0.25, 0.3) is 0 Å². The van der Waals surface area contributed by atoms with Crippen molar-refractivity contribution in [2.45, 2.75) is 72.1 Å². The Labute approximate surface area is 138 Å². The van der Waals surface area contributed by atoms with Crippen molar-refractivity contribution in [1.29, 1.82) is 0 Å². The summed E-state index contributed by atoms with van der Waals surface area (Å²) in [6.45, 7) is 15.0. The Kier molecular flexibility index (Phi) is 4.76. The molecule has 2 rings (SSSR count). The summed E-state index contributed by atoms with van der Waals surface area (Å²) in [6, 6.07) is -0.163. The van der Waals surface area contributed by atoms with E-state index in [9.17, 15) is 4.79 Å². The summed E-state index contributed by atoms with van der Waals surface area (Å²) < 4.78 is 11.3. The van der Waals surface area contributed by atoms with Crippen molar-refractivity contribution in [3.8, 4) is 0 Å². The first-order valence-corrected chi connectivity index (χ1v) is 8.23. The number of hydrogen-bond donors (Lipinski definition) is 1. The third-order valence-electron chi connectivity index (χ3n) is 4.13. The zero-order valence-electron chi connectivity index (χ0n) is 15.3. The van der Waals surface area contributed by atoms with E-state index in [1.54, 1.807) is 0 Å². The van der Waals surface area contributed by atoms with Gasteiger partial charge in [0.2, 0.25) is 0 Å². The molecular formula is C17H29N3O3. The summed E-state index contributed by atoms with van der Waals surface area (Å²) >= 11 is 0. The first kappa shape index (κ1) is 17.8. The van der Waals surface area contributed by atoms with Gasteiger partial charge >= 0.3 is 6.03 Å². The lowest BCUT2D eigenvalue weighted by Crippen LogP contribution is -2.60. The van der Waals surface area contributed by atoms with Crippen LogP contribution in [0, 0.1) is 13.8 Å². The third kappa shape index (κ3) is 4.05. The van der Waals surface area contributed by atoms with Crippen molar-refractivity contribution in [1.82, 2.24) is 15.4 Å². The molecule has 0 spiro atoms. The minimum absolute atomic E-state index is 0.0682. The minimum Gasteiger partial charge on any atom is -0.366 e. The van der Waals surface area contributed by atoms with Crippen LogP contribution in [0.1, 0.15) is 64.1 Å². The van der Waals surface area contributed by atoms with Crippen molar-refractivity contribution in [3.05, 3.63) is 17.0 Å². The van der Waals surface area contributed by atoms with Crippen LogP contribution in [0.15, 0.2) is 4.52 Å². The lowest BCUT2D eigenvalue weighted by atomic mass is 9.99. The fourth-order valence-electron chi connectivity index (χ4n) is 3.54. The molecular weight excluding hydrogens is 294 g/mol. The Morgan fingerprint density at radius 3 is 2.26 bits per heavy atom. The highest BCUT2D eigenvalue weighted by molar-refractivity contribution is 5.75.